The molecule has 3 aromatic rings. The quantitative estimate of drug-likeness (QED) is 0.737. The number of primary amides is 1. The molecule has 1 aromatic carbocycles. The standard InChI is InChI=1S/C20H19N3O3/c1-13-7-10-17(22-12-13)23-15(9-8-14-5-3-2-4-6-14)11-16(24)18(19(21)25)20(23)26/h2-7,10-12,24H,8-9H2,1H3,(H2,21,25). The molecule has 0 atom stereocenters. The molecule has 0 spiro atoms. The second-order valence-corrected chi connectivity index (χ2v) is 6.08. The summed E-state index contributed by atoms with van der Waals surface area (Å²) in [5, 5.41) is 10.1. The molecular weight excluding hydrogens is 330 g/mol. The summed E-state index contributed by atoms with van der Waals surface area (Å²) in [6, 6.07) is 14.7. The lowest BCUT2D eigenvalue weighted by Gasteiger charge is -2.15. The Kier molecular flexibility index (Phi) is 4.84. The van der Waals surface area contributed by atoms with E-state index >= 15 is 0 Å². The predicted molar refractivity (Wildman–Crippen MR) is 98.6 cm³/mol. The number of rotatable bonds is 5. The van der Waals surface area contributed by atoms with Crippen molar-refractivity contribution in [3.05, 3.63) is 87.5 Å². The van der Waals surface area contributed by atoms with Crippen molar-refractivity contribution in [1.29, 1.82) is 0 Å². The topological polar surface area (TPSA) is 98.2 Å². The van der Waals surface area contributed by atoms with E-state index in [0.717, 1.165) is 11.1 Å². The van der Waals surface area contributed by atoms with E-state index in [0.29, 0.717) is 24.4 Å². The van der Waals surface area contributed by atoms with Crippen molar-refractivity contribution >= 4 is 5.91 Å². The number of benzene rings is 1. The largest absolute Gasteiger partial charge is 0.507 e. The SMILES string of the molecule is Cc1ccc(-n2c(CCc3ccccc3)cc(O)c(C(N)=O)c2=O)nc1. The molecule has 0 radical (unpaired) electrons. The second-order valence-electron chi connectivity index (χ2n) is 6.08. The Morgan fingerprint density at radius 1 is 1.15 bits per heavy atom. The van der Waals surface area contributed by atoms with Gasteiger partial charge in [-0.05, 0) is 37.0 Å². The summed E-state index contributed by atoms with van der Waals surface area (Å²) < 4.78 is 1.34. The van der Waals surface area contributed by atoms with Gasteiger partial charge < -0.3 is 10.8 Å². The first kappa shape index (κ1) is 17.4. The Morgan fingerprint density at radius 3 is 2.50 bits per heavy atom. The summed E-state index contributed by atoms with van der Waals surface area (Å²) in [7, 11) is 0. The fraction of sp³-hybridized carbons (Fsp3) is 0.150. The minimum absolute atomic E-state index is 0.381. The van der Waals surface area contributed by atoms with Crippen LogP contribution >= 0.6 is 0 Å². The highest BCUT2D eigenvalue weighted by Crippen LogP contribution is 2.19. The highest BCUT2D eigenvalue weighted by Gasteiger charge is 2.20. The van der Waals surface area contributed by atoms with Crippen LogP contribution in [0.3, 0.4) is 0 Å². The average molecular weight is 349 g/mol. The van der Waals surface area contributed by atoms with Crippen LogP contribution in [-0.4, -0.2) is 20.6 Å². The van der Waals surface area contributed by atoms with Crippen molar-refractivity contribution in [2.75, 3.05) is 0 Å². The molecule has 3 N–H and O–H groups in total. The Labute approximate surface area is 150 Å². The first-order chi connectivity index (χ1) is 12.5. The minimum Gasteiger partial charge on any atom is -0.507 e. The van der Waals surface area contributed by atoms with Gasteiger partial charge in [-0.1, -0.05) is 36.4 Å². The van der Waals surface area contributed by atoms with Crippen LogP contribution in [0.2, 0.25) is 0 Å². The van der Waals surface area contributed by atoms with E-state index in [9.17, 15) is 14.7 Å². The normalized spacial score (nSPS) is 10.7. The molecule has 3 rings (SSSR count). The Balaban J connectivity index is 2.11. The molecule has 6 heteroatoms. The first-order valence-corrected chi connectivity index (χ1v) is 8.22. The van der Waals surface area contributed by atoms with E-state index in [2.05, 4.69) is 4.98 Å². The van der Waals surface area contributed by atoms with Crippen LogP contribution in [0.15, 0.2) is 59.5 Å². The van der Waals surface area contributed by atoms with Crippen molar-refractivity contribution < 1.29 is 9.90 Å². The maximum absolute atomic E-state index is 12.8. The average Bonchev–Trinajstić information content (AvgIpc) is 2.61. The first-order valence-electron chi connectivity index (χ1n) is 8.22. The van der Waals surface area contributed by atoms with E-state index in [4.69, 9.17) is 5.73 Å². The molecule has 2 aromatic heterocycles. The van der Waals surface area contributed by atoms with Crippen molar-refractivity contribution in [1.82, 2.24) is 9.55 Å². The van der Waals surface area contributed by atoms with E-state index < -0.39 is 22.8 Å². The Morgan fingerprint density at radius 2 is 1.88 bits per heavy atom. The third kappa shape index (κ3) is 3.49. The number of pyridine rings is 2. The second kappa shape index (κ2) is 7.23. The van der Waals surface area contributed by atoms with Crippen LogP contribution < -0.4 is 11.3 Å². The molecule has 0 fully saturated rings. The molecule has 0 saturated carbocycles. The zero-order valence-corrected chi connectivity index (χ0v) is 14.3. The Hall–Kier alpha value is -3.41. The van der Waals surface area contributed by atoms with Gasteiger partial charge in [-0.2, -0.15) is 0 Å². The van der Waals surface area contributed by atoms with Crippen molar-refractivity contribution in [2.45, 2.75) is 19.8 Å². The monoisotopic (exact) mass is 349 g/mol. The maximum atomic E-state index is 12.8. The summed E-state index contributed by atoms with van der Waals surface area (Å²) >= 11 is 0. The molecule has 0 aliphatic carbocycles. The maximum Gasteiger partial charge on any atom is 0.273 e. The molecule has 1 amide bonds. The summed E-state index contributed by atoms with van der Waals surface area (Å²) in [5.74, 6) is -0.997. The predicted octanol–water partition coefficient (Wildman–Crippen LogP) is 2.13. The van der Waals surface area contributed by atoms with Crippen LogP contribution in [0.25, 0.3) is 5.82 Å². The van der Waals surface area contributed by atoms with Crippen molar-refractivity contribution in [2.24, 2.45) is 5.73 Å². The van der Waals surface area contributed by atoms with Gasteiger partial charge >= 0.3 is 0 Å². The molecule has 6 nitrogen and oxygen atoms in total. The number of carbonyl (C=O) groups excluding carboxylic acids is 1. The van der Waals surface area contributed by atoms with Crippen LogP contribution in [0, 0.1) is 6.92 Å². The summed E-state index contributed by atoms with van der Waals surface area (Å²) in [4.78, 5) is 28.7. The van der Waals surface area contributed by atoms with Crippen molar-refractivity contribution in [3.63, 3.8) is 0 Å². The molecule has 132 valence electrons. The lowest BCUT2D eigenvalue weighted by molar-refractivity contribution is 0.0996. The van der Waals surface area contributed by atoms with Crippen LogP contribution in [-0.2, 0) is 12.8 Å². The highest BCUT2D eigenvalue weighted by molar-refractivity contribution is 5.95. The molecule has 0 aliphatic rings. The van der Waals surface area contributed by atoms with Gasteiger partial charge in [0.25, 0.3) is 11.5 Å². The zero-order valence-electron chi connectivity index (χ0n) is 14.3. The van der Waals surface area contributed by atoms with E-state index in [1.165, 1.54) is 10.6 Å². The molecular formula is C20H19N3O3. The zero-order chi connectivity index (χ0) is 18.7. The number of hydrogen-bond donors (Lipinski definition) is 2. The lowest BCUT2D eigenvalue weighted by atomic mass is 10.1. The summed E-state index contributed by atoms with van der Waals surface area (Å²) in [6.07, 6.45) is 2.79. The molecule has 0 unspecified atom stereocenters. The van der Waals surface area contributed by atoms with E-state index in [1.807, 2.05) is 43.3 Å². The highest BCUT2D eigenvalue weighted by atomic mass is 16.3. The number of aromatic hydroxyl groups is 1. The number of hydrogen-bond acceptors (Lipinski definition) is 4. The van der Waals surface area contributed by atoms with E-state index in [-0.39, 0.29) is 0 Å². The van der Waals surface area contributed by atoms with Gasteiger partial charge in [0, 0.05) is 18.0 Å². The van der Waals surface area contributed by atoms with Gasteiger partial charge in [0.15, 0.2) is 0 Å². The van der Waals surface area contributed by atoms with Crippen molar-refractivity contribution in [3.8, 4) is 11.6 Å². The van der Waals surface area contributed by atoms with E-state index in [1.54, 1.807) is 12.3 Å². The third-order valence-electron chi connectivity index (χ3n) is 4.15. The molecule has 0 bridgehead atoms. The number of amides is 1. The molecule has 26 heavy (non-hydrogen) atoms. The lowest BCUT2D eigenvalue weighted by Crippen LogP contribution is -2.31. The number of carbonyl (C=O) groups is 1. The Bertz CT molecular complexity index is 993. The number of nitrogens with zero attached hydrogens (tertiary/aromatic N) is 2. The van der Waals surface area contributed by atoms with Crippen LogP contribution in [0.4, 0.5) is 0 Å². The summed E-state index contributed by atoms with van der Waals surface area (Å²) in [5.41, 5.74) is 6.76. The number of aryl methyl sites for hydroxylation is 3. The van der Waals surface area contributed by atoms with Gasteiger partial charge in [-0.15, -0.1) is 0 Å². The molecule has 0 saturated heterocycles. The fourth-order valence-corrected chi connectivity index (χ4v) is 2.82. The molecule has 2 heterocycles. The fourth-order valence-electron chi connectivity index (χ4n) is 2.82. The number of nitrogens with two attached hydrogens (primary N) is 1. The van der Waals surface area contributed by atoms with Gasteiger partial charge in [0.1, 0.15) is 17.1 Å². The van der Waals surface area contributed by atoms with Gasteiger partial charge in [0.2, 0.25) is 0 Å². The summed E-state index contributed by atoms with van der Waals surface area (Å²) in [6.45, 7) is 1.89. The number of aromatic nitrogens is 2. The van der Waals surface area contributed by atoms with Gasteiger partial charge in [-0.25, -0.2) is 4.98 Å². The van der Waals surface area contributed by atoms with Gasteiger partial charge in [-0.3, -0.25) is 14.2 Å². The smallest absolute Gasteiger partial charge is 0.273 e. The third-order valence-corrected chi connectivity index (χ3v) is 4.15. The minimum atomic E-state index is -0.969. The van der Waals surface area contributed by atoms with Crippen LogP contribution in [0.1, 0.15) is 27.2 Å². The molecule has 0 aliphatic heterocycles. The van der Waals surface area contributed by atoms with Crippen LogP contribution in [0.5, 0.6) is 5.75 Å². The van der Waals surface area contributed by atoms with Gasteiger partial charge in [0.05, 0.1) is 0 Å².